The van der Waals surface area contributed by atoms with Crippen molar-refractivity contribution in [3.63, 3.8) is 0 Å². The molecule has 1 aromatic heterocycles. The number of carbonyl (C=O) groups is 1. The molecule has 0 bridgehead atoms. The Morgan fingerprint density at radius 3 is 2.55 bits per heavy atom. The van der Waals surface area contributed by atoms with E-state index in [0.29, 0.717) is 6.42 Å². The first kappa shape index (κ1) is 19.0. The zero-order valence-electron chi connectivity index (χ0n) is 15.5. The number of hydrogen-bond donors (Lipinski definition) is 2. The Bertz CT molecular complexity index is 1150. The van der Waals surface area contributed by atoms with Gasteiger partial charge in [-0.25, -0.2) is 0 Å². The highest BCUT2D eigenvalue weighted by Crippen LogP contribution is 2.29. The van der Waals surface area contributed by atoms with Gasteiger partial charge in [0.15, 0.2) is 4.90 Å². The number of aromatic hydroxyl groups is 1. The van der Waals surface area contributed by atoms with Crippen LogP contribution in [-0.4, -0.2) is 20.2 Å². The second kappa shape index (κ2) is 8.32. The van der Waals surface area contributed by atoms with Gasteiger partial charge in [0.25, 0.3) is 0 Å². The highest BCUT2D eigenvalue weighted by Gasteiger charge is 2.16. The molecule has 1 heterocycles. The van der Waals surface area contributed by atoms with Crippen molar-refractivity contribution in [1.29, 1.82) is 0 Å². The van der Waals surface area contributed by atoms with E-state index >= 15 is 0 Å². The molecule has 4 aromatic rings. The van der Waals surface area contributed by atoms with Crippen LogP contribution in [0.15, 0.2) is 83.9 Å². The molecule has 0 aliphatic carbocycles. The second-order valence-corrected chi connectivity index (χ2v) is 7.75. The highest BCUT2D eigenvalue weighted by atomic mass is 32.2. The molecule has 0 radical (unpaired) electrons. The first-order valence-corrected chi connectivity index (χ1v) is 10.0. The van der Waals surface area contributed by atoms with Gasteiger partial charge in [0.1, 0.15) is 29.2 Å². The number of para-hydroxylation sites is 1. The summed E-state index contributed by atoms with van der Waals surface area (Å²) in [5.74, 6) is 0.858. The van der Waals surface area contributed by atoms with Crippen molar-refractivity contribution in [2.24, 2.45) is 0 Å². The van der Waals surface area contributed by atoms with Gasteiger partial charge < -0.3 is 14.9 Å². The number of hydrogen-bond acceptors (Lipinski definition) is 3. The van der Waals surface area contributed by atoms with E-state index in [9.17, 15) is 9.90 Å². The number of ether oxygens (including phenoxy) is 1. The summed E-state index contributed by atoms with van der Waals surface area (Å²) in [5, 5.41) is 19.8. The second-order valence-electron chi connectivity index (χ2n) is 6.61. The molecule has 3 aromatic carbocycles. The van der Waals surface area contributed by atoms with Gasteiger partial charge in [0.05, 0.1) is 11.7 Å². The van der Waals surface area contributed by atoms with Crippen molar-refractivity contribution in [2.75, 3.05) is 0 Å². The first-order chi connectivity index (χ1) is 14.1. The molecule has 0 amide bonds. The quantitative estimate of drug-likeness (QED) is 0.342. The molecule has 146 valence electrons. The number of carboxylic acid groups (broad SMARTS) is 1. The lowest BCUT2D eigenvalue weighted by Gasteiger charge is -2.05. The molecule has 0 saturated carbocycles. The molecule has 0 fully saturated rings. The van der Waals surface area contributed by atoms with Gasteiger partial charge in [0, 0.05) is 17.9 Å². The predicted molar refractivity (Wildman–Crippen MR) is 115 cm³/mol. The third-order valence-electron chi connectivity index (χ3n) is 4.48. The van der Waals surface area contributed by atoms with Crippen molar-refractivity contribution in [1.82, 2.24) is 3.97 Å². The van der Waals surface area contributed by atoms with Gasteiger partial charge in [-0.05, 0) is 54.4 Å². The zero-order valence-corrected chi connectivity index (χ0v) is 16.4. The smallest absolute Gasteiger partial charge is 0.303 e. The van der Waals surface area contributed by atoms with Crippen LogP contribution >= 0.6 is 0 Å². The van der Waals surface area contributed by atoms with E-state index in [-0.39, 0.29) is 12.2 Å². The van der Waals surface area contributed by atoms with Gasteiger partial charge in [-0.15, -0.1) is 0 Å². The zero-order chi connectivity index (χ0) is 20.2. The summed E-state index contributed by atoms with van der Waals surface area (Å²) in [6.45, 7) is 0. The summed E-state index contributed by atoms with van der Waals surface area (Å²) in [6.07, 6.45) is 2.42. The number of fused-ring (bicyclic) bond motifs is 1. The fraction of sp³-hybridized carbons (Fsp3) is 0.0870. The maximum Gasteiger partial charge on any atom is 0.303 e. The van der Waals surface area contributed by atoms with Crippen LogP contribution in [0.4, 0.5) is 0 Å². The van der Waals surface area contributed by atoms with E-state index in [1.165, 1.54) is 0 Å². The van der Waals surface area contributed by atoms with Crippen LogP contribution in [0.5, 0.6) is 17.2 Å². The molecule has 4 rings (SSSR count). The number of aryl methyl sites for hydroxylation is 1. The molecule has 5 nitrogen and oxygen atoms in total. The van der Waals surface area contributed by atoms with Crippen LogP contribution < -0.4 is 4.74 Å². The maximum absolute atomic E-state index is 11.0. The third kappa shape index (κ3) is 4.55. The number of aliphatic carboxylic acids is 1. The summed E-state index contributed by atoms with van der Waals surface area (Å²) in [5.41, 5.74) is 1.85. The van der Waals surface area contributed by atoms with Crippen LogP contribution in [0.3, 0.4) is 0 Å². The van der Waals surface area contributed by atoms with Gasteiger partial charge in [-0.3, -0.25) is 4.79 Å². The number of carboxylic acids is 1. The van der Waals surface area contributed by atoms with Gasteiger partial charge in [0.2, 0.25) is 0 Å². The number of benzene rings is 3. The Morgan fingerprint density at radius 2 is 1.76 bits per heavy atom. The van der Waals surface area contributed by atoms with Crippen molar-refractivity contribution < 1.29 is 19.7 Å². The van der Waals surface area contributed by atoms with E-state index in [4.69, 9.17) is 9.84 Å². The van der Waals surface area contributed by atoms with E-state index < -0.39 is 5.97 Å². The van der Waals surface area contributed by atoms with Crippen LogP contribution in [0.1, 0.15) is 12.0 Å². The fourth-order valence-corrected chi connectivity index (χ4v) is 4.22. The van der Waals surface area contributed by atoms with E-state index in [0.717, 1.165) is 44.8 Å². The van der Waals surface area contributed by atoms with Gasteiger partial charge >= 0.3 is 5.97 Å². The number of rotatable bonds is 7. The average Bonchev–Trinajstić information content (AvgIpc) is 3.04. The van der Waals surface area contributed by atoms with E-state index in [1.807, 2.05) is 70.8 Å². The molecule has 0 spiro atoms. The molecule has 2 N–H and O–H groups in total. The lowest BCUT2D eigenvalue weighted by molar-refractivity contribution is -0.136. The molecular weight excluding hydrogens is 386 g/mol. The maximum atomic E-state index is 11.0. The van der Waals surface area contributed by atoms with Crippen LogP contribution in [0, 0.1) is 0 Å². The monoisotopic (exact) mass is 406 g/mol. The summed E-state index contributed by atoms with van der Waals surface area (Å²) in [6, 6.07) is 22.7. The molecule has 0 unspecified atom stereocenters. The number of nitrogens with zero attached hydrogens (tertiary/aromatic N) is 1. The number of thiol groups is 1. The lowest BCUT2D eigenvalue weighted by atomic mass is 10.1. The first-order valence-electron chi connectivity index (χ1n) is 9.18. The molecule has 0 atom stereocenters. The van der Waals surface area contributed by atoms with Crippen molar-refractivity contribution in [3.8, 4) is 17.2 Å². The van der Waals surface area contributed by atoms with Crippen molar-refractivity contribution in [2.45, 2.75) is 17.7 Å². The summed E-state index contributed by atoms with van der Waals surface area (Å²) in [4.78, 5) is 12.0. The standard InChI is InChI=1S/C23H19NO4S/c25-17-10-11-22-21(13-17)16(9-12-23(26)27)15-24(22)29-20-8-4-7-19(14-20)28-18-5-2-1-3-6-18/h1-8,10-11,13-15,25H,9,12H2,(H,26,27)/p+1. The average molecular weight is 406 g/mol. The van der Waals surface area contributed by atoms with Crippen LogP contribution in [0.25, 0.3) is 10.9 Å². The molecule has 0 aliphatic heterocycles. The van der Waals surface area contributed by atoms with Crippen molar-refractivity contribution >= 4 is 28.8 Å². The van der Waals surface area contributed by atoms with Crippen LogP contribution in [0.2, 0.25) is 0 Å². The number of phenols is 1. The van der Waals surface area contributed by atoms with Crippen molar-refractivity contribution in [3.05, 3.63) is 84.6 Å². The van der Waals surface area contributed by atoms with E-state index in [2.05, 4.69) is 0 Å². The normalized spacial score (nSPS) is 10.9. The Balaban J connectivity index is 1.62. The Morgan fingerprint density at radius 1 is 0.966 bits per heavy atom. The molecule has 0 aliphatic rings. The highest BCUT2D eigenvalue weighted by molar-refractivity contribution is 7.77. The number of aromatic nitrogens is 1. The third-order valence-corrected chi connectivity index (χ3v) is 5.53. The van der Waals surface area contributed by atoms with Gasteiger partial charge in [-0.2, -0.15) is 3.97 Å². The largest absolute Gasteiger partial charge is 0.508 e. The fourth-order valence-electron chi connectivity index (χ4n) is 3.15. The number of phenolic OH excluding ortho intramolecular Hbond substituents is 1. The Labute approximate surface area is 172 Å². The molecule has 0 saturated heterocycles. The topological polar surface area (TPSA) is 71.7 Å². The van der Waals surface area contributed by atoms with Crippen LogP contribution in [-0.2, 0) is 23.2 Å². The minimum absolute atomic E-state index is 0.0477. The summed E-state index contributed by atoms with van der Waals surface area (Å²) >= 11 is 0.911. The van der Waals surface area contributed by atoms with Gasteiger partial charge in [-0.1, -0.05) is 24.3 Å². The minimum atomic E-state index is -0.839. The molecular formula is C23H20NO4S+. The minimum Gasteiger partial charge on any atom is -0.508 e. The Kier molecular flexibility index (Phi) is 5.44. The SMILES string of the molecule is O=C(O)CCc1cn([SH+]c2cccc(Oc3ccccc3)c2)c2ccc(O)cc12. The summed E-state index contributed by atoms with van der Waals surface area (Å²) < 4.78 is 7.97. The summed E-state index contributed by atoms with van der Waals surface area (Å²) in [7, 11) is 0. The van der Waals surface area contributed by atoms with E-state index in [1.54, 1.807) is 12.1 Å². The molecule has 29 heavy (non-hydrogen) atoms. The lowest BCUT2D eigenvalue weighted by Crippen LogP contribution is -1.98. The Hall–Kier alpha value is -3.38. The molecule has 6 heteroatoms. The predicted octanol–water partition coefficient (Wildman–Crippen LogP) is 4.79.